The minimum atomic E-state index is -1.00. The third-order valence-electron chi connectivity index (χ3n) is 6.12. The number of unbranched alkanes of at least 4 members (excludes halogenated alkanes) is 1. The maximum absolute atomic E-state index is 12.9. The van der Waals surface area contributed by atoms with E-state index in [1.165, 1.54) is 6.92 Å². The second-order valence-corrected chi connectivity index (χ2v) is 9.22. The number of nitrogens with one attached hydrogen (secondary N) is 2. The summed E-state index contributed by atoms with van der Waals surface area (Å²) >= 11 is 0. The van der Waals surface area contributed by atoms with Crippen LogP contribution in [0.1, 0.15) is 67.2 Å². The smallest absolute Gasteiger partial charge is 0.403 e. The fourth-order valence-corrected chi connectivity index (χ4v) is 3.84. The summed E-state index contributed by atoms with van der Waals surface area (Å²) in [6.07, 6.45) is 4.01. The summed E-state index contributed by atoms with van der Waals surface area (Å²) in [6, 6.07) is 0. The molecule has 0 saturated carbocycles. The molecular weight excluding hydrogens is 359 g/mol. The van der Waals surface area contributed by atoms with Gasteiger partial charge in [-0.3, -0.25) is 9.59 Å². The van der Waals surface area contributed by atoms with Gasteiger partial charge in [-0.2, -0.15) is 0 Å². The van der Waals surface area contributed by atoms with E-state index in [4.69, 9.17) is 14.0 Å². The lowest BCUT2D eigenvalue weighted by Crippen LogP contribution is -2.64. The van der Waals surface area contributed by atoms with Crippen molar-refractivity contribution in [3.8, 4) is 0 Å². The van der Waals surface area contributed by atoms with Gasteiger partial charge < -0.3 is 24.7 Å². The number of hydrogen-bond acceptors (Lipinski definition) is 5. The van der Waals surface area contributed by atoms with Crippen LogP contribution in [0.25, 0.3) is 0 Å². The highest BCUT2D eigenvalue weighted by molar-refractivity contribution is 6.45. The molecule has 2 amide bonds. The van der Waals surface area contributed by atoms with Gasteiger partial charge in [0.05, 0.1) is 17.8 Å². The molecule has 160 valence electrons. The van der Waals surface area contributed by atoms with E-state index >= 15 is 0 Å². The summed E-state index contributed by atoms with van der Waals surface area (Å²) < 4.78 is 17.9. The van der Waals surface area contributed by atoms with Gasteiger partial charge in [0.2, 0.25) is 11.8 Å². The SMILES string of the molecule is CCCCNC(=O)[C@]1(NC(C)=O)COC[C@@H](CCB2OC(C)(C)C(C)(C)O2)C1. The van der Waals surface area contributed by atoms with E-state index in [-0.39, 0.29) is 42.7 Å². The van der Waals surface area contributed by atoms with Crippen molar-refractivity contribution in [1.29, 1.82) is 0 Å². The molecule has 28 heavy (non-hydrogen) atoms. The second kappa shape index (κ2) is 9.14. The molecule has 2 aliphatic heterocycles. The molecule has 0 aromatic heterocycles. The van der Waals surface area contributed by atoms with Crippen molar-refractivity contribution in [2.45, 2.75) is 90.3 Å². The highest BCUT2D eigenvalue weighted by atomic mass is 16.7. The van der Waals surface area contributed by atoms with Crippen LogP contribution in [0.5, 0.6) is 0 Å². The van der Waals surface area contributed by atoms with Crippen molar-refractivity contribution in [1.82, 2.24) is 10.6 Å². The van der Waals surface area contributed by atoms with Crippen LogP contribution < -0.4 is 10.6 Å². The fourth-order valence-electron chi connectivity index (χ4n) is 3.84. The van der Waals surface area contributed by atoms with E-state index in [1.54, 1.807) is 0 Å². The van der Waals surface area contributed by atoms with Crippen molar-refractivity contribution in [2.24, 2.45) is 5.92 Å². The molecule has 0 bridgehead atoms. The van der Waals surface area contributed by atoms with E-state index in [1.807, 2.05) is 27.7 Å². The number of rotatable bonds is 8. The van der Waals surface area contributed by atoms with Gasteiger partial charge >= 0.3 is 7.12 Å². The van der Waals surface area contributed by atoms with Crippen LogP contribution in [0.15, 0.2) is 0 Å². The van der Waals surface area contributed by atoms with Crippen LogP contribution in [-0.2, 0) is 23.6 Å². The van der Waals surface area contributed by atoms with E-state index in [9.17, 15) is 9.59 Å². The average molecular weight is 396 g/mol. The monoisotopic (exact) mass is 396 g/mol. The third kappa shape index (κ3) is 5.48. The summed E-state index contributed by atoms with van der Waals surface area (Å²) in [5, 5.41) is 5.82. The van der Waals surface area contributed by atoms with Gasteiger partial charge in [0, 0.05) is 20.1 Å². The molecule has 0 aromatic carbocycles. The molecule has 0 spiro atoms. The zero-order valence-electron chi connectivity index (χ0n) is 18.4. The lowest BCUT2D eigenvalue weighted by atomic mass is 9.75. The summed E-state index contributed by atoms with van der Waals surface area (Å²) in [6.45, 7) is 13.1. The Morgan fingerprint density at radius 2 is 1.79 bits per heavy atom. The van der Waals surface area contributed by atoms with Crippen LogP contribution in [0.3, 0.4) is 0 Å². The Morgan fingerprint density at radius 1 is 1.14 bits per heavy atom. The van der Waals surface area contributed by atoms with Crippen LogP contribution in [-0.4, -0.2) is 55.4 Å². The third-order valence-corrected chi connectivity index (χ3v) is 6.12. The first kappa shape index (κ1) is 23.2. The van der Waals surface area contributed by atoms with Gasteiger partial charge in [0.1, 0.15) is 5.54 Å². The molecular formula is C20H37BN2O5. The summed E-state index contributed by atoms with van der Waals surface area (Å²) in [7, 11) is -0.263. The second-order valence-electron chi connectivity index (χ2n) is 9.22. The zero-order chi connectivity index (χ0) is 21.0. The fraction of sp³-hybridized carbons (Fsp3) is 0.900. The van der Waals surface area contributed by atoms with Gasteiger partial charge in [-0.15, -0.1) is 0 Å². The van der Waals surface area contributed by atoms with Gasteiger partial charge in [-0.1, -0.05) is 13.3 Å². The van der Waals surface area contributed by atoms with E-state index in [0.717, 1.165) is 25.6 Å². The Morgan fingerprint density at radius 3 is 2.36 bits per heavy atom. The number of ether oxygens (including phenoxy) is 1. The topological polar surface area (TPSA) is 85.9 Å². The normalized spacial score (nSPS) is 28.8. The maximum atomic E-state index is 12.9. The highest BCUT2D eigenvalue weighted by Gasteiger charge is 2.51. The van der Waals surface area contributed by atoms with Crippen molar-refractivity contribution in [2.75, 3.05) is 19.8 Å². The molecule has 2 aliphatic rings. The molecule has 2 fully saturated rings. The van der Waals surface area contributed by atoms with E-state index in [2.05, 4.69) is 17.6 Å². The van der Waals surface area contributed by atoms with E-state index in [0.29, 0.717) is 19.6 Å². The Bertz CT molecular complexity index is 553. The number of hydrogen-bond donors (Lipinski definition) is 2. The molecule has 2 heterocycles. The van der Waals surface area contributed by atoms with Crippen LogP contribution >= 0.6 is 0 Å². The predicted molar refractivity (Wildman–Crippen MR) is 109 cm³/mol. The molecule has 8 heteroatoms. The lowest BCUT2D eigenvalue weighted by molar-refractivity contribution is -0.141. The first-order chi connectivity index (χ1) is 13.0. The molecule has 7 nitrogen and oxygen atoms in total. The molecule has 0 aromatic rings. The van der Waals surface area contributed by atoms with Crippen molar-refractivity contribution < 1.29 is 23.6 Å². The van der Waals surface area contributed by atoms with Gasteiger partial charge in [-0.05, 0) is 59.2 Å². The minimum Gasteiger partial charge on any atom is -0.403 e. The molecule has 2 N–H and O–H groups in total. The maximum Gasteiger partial charge on any atom is 0.457 e. The predicted octanol–water partition coefficient (Wildman–Crippen LogP) is 2.30. The van der Waals surface area contributed by atoms with Gasteiger partial charge in [-0.25, -0.2) is 0 Å². The minimum absolute atomic E-state index is 0.150. The van der Waals surface area contributed by atoms with Crippen molar-refractivity contribution in [3.63, 3.8) is 0 Å². The van der Waals surface area contributed by atoms with Crippen molar-refractivity contribution >= 4 is 18.9 Å². The van der Waals surface area contributed by atoms with Crippen LogP contribution in [0.2, 0.25) is 6.32 Å². The molecule has 0 aliphatic carbocycles. The average Bonchev–Trinajstić information content (AvgIpc) is 2.80. The summed E-state index contributed by atoms with van der Waals surface area (Å²) in [4.78, 5) is 24.6. The Hall–Kier alpha value is -1.12. The molecule has 0 radical (unpaired) electrons. The quantitative estimate of drug-likeness (QED) is 0.486. The van der Waals surface area contributed by atoms with Gasteiger partial charge in [0.25, 0.3) is 0 Å². The summed E-state index contributed by atoms with van der Waals surface area (Å²) in [5.74, 6) is -0.228. The van der Waals surface area contributed by atoms with E-state index < -0.39 is 5.54 Å². The number of carbonyl (C=O) groups excluding carboxylic acids is 2. The Labute approximate surface area is 169 Å². The lowest BCUT2D eigenvalue weighted by Gasteiger charge is -2.40. The first-order valence-corrected chi connectivity index (χ1v) is 10.5. The van der Waals surface area contributed by atoms with Crippen LogP contribution in [0, 0.1) is 5.92 Å². The van der Waals surface area contributed by atoms with Gasteiger partial charge in [0.15, 0.2) is 0 Å². The Kier molecular flexibility index (Phi) is 7.56. The summed E-state index contributed by atoms with van der Waals surface area (Å²) in [5.41, 5.74) is -1.70. The largest absolute Gasteiger partial charge is 0.457 e. The number of carbonyl (C=O) groups is 2. The van der Waals surface area contributed by atoms with Crippen molar-refractivity contribution in [3.05, 3.63) is 0 Å². The molecule has 2 saturated heterocycles. The molecule has 2 rings (SSSR count). The molecule has 2 atom stereocenters. The zero-order valence-corrected chi connectivity index (χ0v) is 18.4. The number of amides is 2. The first-order valence-electron chi connectivity index (χ1n) is 10.5. The van der Waals surface area contributed by atoms with Crippen LogP contribution in [0.4, 0.5) is 0 Å². The standard InChI is InChI=1S/C20H37BN2O5/c1-7-8-11-22-17(25)20(23-15(2)24)12-16(13-26-14-20)9-10-21-27-18(3,4)19(5,6)28-21/h16H,7-14H2,1-6H3,(H,22,25)(H,23,24)/t16-,20+/m0/s1. The Balaban J connectivity index is 1.97. The highest BCUT2D eigenvalue weighted by Crippen LogP contribution is 2.39. The molecule has 0 unspecified atom stereocenters.